The van der Waals surface area contributed by atoms with E-state index in [2.05, 4.69) is 15.5 Å². The van der Waals surface area contributed by atoms with E-state index < -0.39 is 11.9 Å². The van der Waals surface area contributed by atoms with E-state index in [9.17, 15) is 9.59 Å². The number of nitrogen functional groups attached to an aromatic ring is 1. The van der Waals surface area contributed by atoms with Crippen molar-refractivity contribution in [3.8, 4) is 11.5 Å². The molecule has 0 aliphatic heterocycles. The maximum Gasteiger partial charge on any atom is 0.343 e. The molecule has 3 rings (SSSR count). The van der Waals surface area contributed by atoms with Crippen LogP contribution in [-0.2, 0) is 0 Å². The molecule has 0 unspecified atom stereocenters. The third-order valence-corrected chi connectivity index (χ3v) is 4.78. The molecule has 148 valence electrons. The third kappa shape index (κ3) is 4.96. The minimum Gasteiger partial charge on any atom is -0.493 e. The number of hydrogen-bond donors (Lipinski definition) is 2. The van der Waals surface area contributed by atoms with Crippen LogP contribution in [0, 0.1) is 6.92 Å². The number of carbonyl (C=O) groups excluding carboxylic acids is 2. The largest absolute Gasteiger partial charge is 0.493 e. The Hall–Kier alpha value is -3.72. The highest BCUT2D eigenvalue weighted by Crippen LogP contribution is 2.28. The van der Waals surface area contributed by atoms with E-state index in [1.807, 2.05) is 6.07 Å². The highest BCUT2D eigenvalue weighted by molar-refractivity contribution is 7.17. The summed E-state index contributed by atoms with van der Waals surface area (Å²) in [5, 5.41) is 4.25. The Morgan fingerprint density at radius 1 is 1.17 bits per heavy atom. The van der Waals surface area contributed by atoms with Crippen molar-refractivity contribution in [2.45, 2.75) is 6.92 Å². The lowest BCUT2D eigenvalue weighted by Gasteiger charge is -2.10. The van der Waals surface area contributed by atoms with Gasteiger partial charge < -0.3 is 15.2 Å². The summed E-state index contributed by atoms with van der Waals surface area (Å²) in [6, 6.07) is 13.6. The van der Waals surface area contributed by atoms with Gasteiger partial charge in [0, 0.05) is 0 Å². The summed E-state index contributed by atoms with van der Waals surface area (Å²) in [7, 11) is 1.47. The Bertz CT molecular complexity index is 1060. The topological polar surface area (TPSA) is 116 Å². The molecule has 1 aromatic heterocycles. The number of aryl methyl sites for hydroxylation is 1. The van der Waals surface area contributed by atoms with Crippen molar-refractivity contribution in [3.63, 3.8) is 0 Å². The van der Waals surface area contributed by atoms with Gasteiger partial charge in [-0.05, 0) is 42.8 Å². The molecule has 0 aliphatic carbocycles. The Morgan fingerprint density at radius 2 is 1.93 bits per heavy atom. The highest BCUT2D eigenvalue weighted by Gasteiger charge is 2.14. The number of rotatable bonds is 6. The highest BCUT2D eigenvalue weighted by atomic mass is 32.1. The first-order valence-corrected chi connectivity index (χ1v) is 9.31. The number of hydrogen-bond acceptors (Lipinski definition) is 8. The van der Waals surface area contributed by atoms with E-state index in [1.165, 1.54) is 13.3 Å². The summed E-state index contributed by atoms with van der Waals surface area (Å²) in [6.07, 6.45) is 1.45. The second-order valence-electron chi connectivity index (χ2n) is 5.83. The first-order chi connectivity index (χ1) is 14.0. The van der Waals surface area contributed by atoms with Crippen molar-refractivity contribution in [2.24, 2.45) is 5.10 Å². The van der Waals surface area contributed by atoms with E-state index in [0.717, 1.165) is 11.3 Å². The summed E-state index contributed by atoms with van der Waals surface area (Å²) in [4.78, 5) is 28.7. The summed E-state index contributed by atoms with van der Waals surface area (Å²) in [6.45, 7) is 1.70. The Morgan fingerprint density at radius 3 is 2.59 bits per heavy atom. The molecule has 0 aliphatic rings. The summed E-state index contributed by atoms with van der Waals surface area (Å²) in [5.74, 6) is -0.251. The minimum atomic E-state index is -0.489. The van der Waals surface area contributed by atoms with Crippen molar-refractivity contribution in [3.05, 3.63) is 70.2 Å². The maximum absolute atomic E-state index is 12.2. The van der Waals surface area contributed by atoms with Crippen molar-refractivity contribution in [1.29, 1.82) is 0 Å². The predicted molar refractivity (Wildman–Crippen MR) is 111 cm³/mol. The van der Waals surface area contributed by atoms with E-state index in [4.69, 9.17) is 15.2 Å². The van der Waals surface area contributed by atoms with Crippen molar-refractivity contribution in [2.75, 3.05) is 12.8 Å². The summed E-state index contributed by atoms with van der Waals surface area (Å²) >= 11 is 1.09. The molecule has 0 saturated carbocycles. The van der Waals surface area contributed by atoms with Gasteiger partial charge in [-0.25, -0.2) is 15.2 Å². The lowest BCUT2D eigenvalue weighted by Crippen LogP contribution is -2.17. The number of methoxy groups -OCH3 is 1. The van der Waals surface area contributed by atoms with Crippen LogP contribution in [0.2, 0.25) is 0 Å². The van der Waals surface area contributed by atoms with Gasteiger partial charge in [-0.3, -0.25) is 4.79 Å². The zero-order valence-corrected chi connectivity index (χ0v) is 16.5. The summed E-state index contributed by atoms with van der Waals surface area (Å²) < 4.78 is 10.7. The van der Waals surface area contributed by atoms with Crippen LogP contribution in [-0.4, -0.2) is 30.2 Å². The number of esters is 1. The quantitative estimate of drug-likeness (QED) is 0.279. The molecule has 0 fully saturated rings. The second-order valence-corrected chi connectivity index (χ2v) is 6.86. The minimum absolute atomic E-state index is 0.276. The first-order valence-electron chi connectivity index (χ1n) is 8.49. The van der Waals surface area contributed by atoms with Gasteiger partial charge in [0.2, 0.25) is 0 Å². The van der Waals surface area contributed by atoms with Crippen molar-refractivity contribution in [1.82, 2.24) is 10.4 Å². The van der Waals surface area contributed by atoms with Crippen LogP contribution in [0.1, 0.15) is 31.3 Å². The number of carbonyl (C=O) groups is 2. The van der Waals surface area contributed by atoms with E-state index in [-0.39, 0.29) is 5.75 Å². The molecular formula is C20H18N4O4S. The fraction of sp³-hybridized carbons (Fsp3) is 0.100. The zero-order valence-electron chi connectivity index (χ0n) is 15.7. The lowest BCUT2D eigenvalue weighted by molar-refractivity contribution is 0.0729. The van der Waals surface area contributed by atoms with Crippen LogP contribution in [0.3, 0.4) is 0 Å². The van der Waals surface area contributed by atoms with Gasteiger partial charge >= 0.3 is 5.97 Å². The molecule has 8 nitrogen and oxygen atoms in total. The Kier molecular flexibility index (Phi) is 6.20. The van der Waals surface area contributed by atoms with Gasteiger partial charge in [-0.2, -0.15) is 5.10 Å². The van der Waals surface area contributed by atoms with Crippen LogP contribution >= 0.6 is 11.3 Å². The van der Waals surface area contributed by atoms with Gasteiger partial charge in [0.25, 0.3) is 5.91 Å². The zero-order chi connectivity index (χ0) is 20.8. The number of nitrogens with zero attached hydrogens (tertiary/aromatic N) is 2. The molecule has 1 amide bonds. The van der Waals surface area contributed by atoms with Gasteiger partial charge in [0.05, 0.1) is 24.6 Å². The number of aromatic nitrogens is 1. The van der Waals surface area contributed by atoms with Gasteiger partial charge in [0.1, 0.15) is 4.88 Å². The molecule has 0 atom stereocenters. The molecule has 3 N–H and O–H groups in total. The number of nitrogens with one attached hydrogen (secondary N) is 1. The monoisotopic (exact) mass is 410 g/mol. The van der Waals surface area contributed by atoms with Crippen LogP contribution in [0.15, 0.2) is 53.6 Å². The van der Waals surface area contributed by atoms with Gasteiger partial charge in [-0.15, -0.1) is 0 Å². The van der Waals surface area contributed by atoms with E-state index in [0.29, 0.717) is 32.6 Å². The van der Waals surface area contributed by atoms with E-state index >= 15 is 0 Å². The number of nitrogens with two attached hydrogens (primary N) is 1. The van der Waals surface area contributed by atoms with Gasteiger partial charge in [0.15, 0.2) is 16.6 Å². The Labute approximate surface area is 171 Å². The number of ether oxygens (including phenoxy) is 2. The molecule has 29 heavy (non-hydrogen) atoms. The SMILES string of the molecule is COc1cc(C=NNC(=O)c2sc(N)nc2C)ccc1OC(=O)c1ccccc1. The molecule has 1 heterocycles. The molecule has 9 heteroatoms. The maximum atomic E-state index is 12.2. The fourth-order valence-corrected chi connectivity index (χ4v) is 3.15. The normalized spacial score (nSPS) is 10.7. The number of hydrazone groups is 1. The molecule has 0 spiro atoms. The lowest BCUT2D eigenvalue weighted by atomic mass is 10.2. The van der Waals surface area contributed by atoms with Crippen molar-refractivity contribution >= 4 is 34.6 Å². The number of thiazole rings is 1. The smallest absolute Gasteiger partial charge is 0.343 e. The number of amides is 1. The predicted octanol–water partition coefficient (Wildman–Crippen LogP) is 3.03. The third-order valence-electron chi connectivity index (χ3n) is 3.80. The van der Waals surface area contributed by atoms with Gasteiger partial charge in [-0.1, -0.05) is 29.5 Å². The van der Waals surface area contributed by atoms with Crippen LogP contribution < -0.4 is 20.6 Å². The van der Waals surface area contributed by atoms with Crippen molar-refractivity contribution < 1.29 is 19.1 Å². The number of anilines is 1. The molecule has 0 bridgehead atoms. The molecule has 0 saturated heterocycles. The number of benzene rings is 2. The fourth-order valence-electron chi connectivity index (χ4n) is 2.43. The first kappa shape index (κ1) is 20.0. The second kappa shape index (κ2) is 8.98. The Balaban J connectivity index is 1.68. The van der Waals surface area contributed by atoms with Crippen LogP contribution in [0.25, 0.3) is 0 Å². The summed E-state index contributed by atoms with van der Waals surface area (Å²) in [5.41, 5.74) is 9.64. The molecule has 0 radical (unpaired) electrons. The molecular weight excluding hydrogens is 392 g/mol. The van der Waals surface area contributed by atoms with Crippen LogP contribution in [0.5, 0.6) is 11.5 Å². The van der Waals surface area contributed by atoms with Crippen LogP contribution in [0.4, 0.5) is 5.13 Å². The average Bonchev–Trinajstić information content (AvgIpc) is 3.07. The molecule has 2 aromatic carbocycles. The average molecular weight is 410 g/mol. The standard InChI is InChI=1S/C20H18N4O4S/c1-12-17(29-20(21)23-12)18(25)24-22-11-13-8-9-15(16(10-13)27-2)28-19(26)14-6-4-3-5-7-14/h3-11H,1-2H3,(H2,21,23)(H,24,25). The molecule has 3 aromatic rings. The van der Waals surface area contributed by atoms with E-state index in [1.54, 1.807) is 49.4 Å².